The van der Waals surface area contributed by atoms with Crippen molar-refractivity contribution in [2.75, 3.05) is 13.2 Å². The van der Waals surface area contributed by atoms with E-state index >= 15 is 0 Å². The summed E-state index contributed by atoms with van der Waals surface area (Å²) in [6.45, 7) is 2.98. The van der Waals surface area contributed by atoms with Gasteiger partial charge in [0, 0.05) is 6.04 Å². The van der Waals surface area contributed by atoms with Crippen molar-refractivity contribution in [3.63, 3.8) is 0 Å². The molecule has 18 heavy (non-hydrogen) atoms. The Balaban J connectivity index is 2.48. The van der Waals surface area contributed by atoms with Gasteiger partial charge in [0.2, 0.25) is 0 Å². The van der Waals surface area contributed by atoms with Crippen LogP contribution in [-0.4, -0.2) is 19.6 Å². The van der Waals surface area contributed by atoms with E-state index in [-0.39, 0.29) is 12.6 Å². The van der Waals surface area contributed by atoms with E-state index in [0.717, 1.165) is 11.1 Å². The molecule has 0 unspecified atom stereocenters. The number of hydrogen-bond acceptors (Lipinski definition) is 3. The first-order chi connectivity index (χ1) is 8.29. The lowest BCUT2D eigenvalue weighted by atomic mass is 10.1. The average Bonchev–Trinajstić information content (AvgIpc) is 2.24. The van der Waals surface area contributed by atoms with Gasteiger partial charge in [0.1, 0.15) is 12.4 Å². The molecular weight excluding hydrogens is 247 g/mol. The third-order valence-corrected chi connectivity index (χ3v) is 2.33. The lowest BCUT2D eigenvalue weighted by molar-refractivity contribution is -0.325. The molecule has 0 saturated heterocycles. The number of alkyl halides is 3. The summed E-state index contributed by atoms with van der Waals surface area (Å²) in [7, 11) is 0. The minimum absolute atomic E-state index is 0.0914. The van der Waals surface area contributed by atoms with Gasteiger partial charge in [0.15, 0.2) is 0 Å². The smallest absolute Gasteiger partial charge is 0.491 e. The first-order valence-electron chi connectivity index (χ1n) is 5.49. The van der Waals surface area contributed by atoms with E-state index in [2.05, 4.69) is 4.74 Å². The van der Waals surface area contributed by atoms with Gasteiger partial charge >= 0.3 is 6.36 Å². The number of benzene rings is 1. The van der Waals surface area contributed by atoms with Crippen molar-refractivity contribution >= 4 is 0 Å². The lowest BCUT2D eigenvalue weighted by Crippen LogP contribution is -2.18. The summed E-state index contributed by atoms with van der Waals surface area (Å²) in [6, 6.07) is 5.25. The predicted octanol–water partition coefficient (Wildman–Crippen LogP) is 2.93. The minimum atomic E-state index is -4.61. The molecule has 1 aromatic rings. The summed E-state index contributed by atoms with van der Waals surface area (Å²) in [5.41, 5.74) is 7.50. The molecule has 0 fully saturated rings. The molecule has 1 rings (SSSR count). The van der Waals surface area contributed by atoms with Crippen LogP contribution in [0.15, 0.2) is 18.2 Å². The zero-order valence-corrected chi connectivity index (χ0v) is 10.3. The first-order valence-corrected chi connectivity index (χ1v) is 5.49. The van der Waals surface area contributed by atoms with Crippen molar-refractivity contribution in [2.24, 2.45) is 5.73 Å². The van der Waals surface area contributed by atoms with Crippen LogP contribution in [0.2, 0.25) is 0 Å². The van der Waals surface area contributed by atoms with Gasteiger partial charge in [-0.15, -0.1) is 13.2 Å². The second kappa shape index (κ2) is 6.06. The van der Waals surface area contributed by atoms with Gasteiger partial charge in [0.05, 0.1) is 6.61 Å². The van der Waals surface area contributed by atoms with E-state index < -0.39 is 13.0 Å². The molecule has 6 heteroatoms. The Morgan fingerprint density at radius 2 is 1.94 bits per heavy atom. The van der Waals surface area contributed by atoms with Gasteiger partial charge in [-0.25, -0.2) is 0 Å². The van der Waals surface area contributed by atoms with Gasteiger partial charge in [-0.05, 0) is 31.0 Å². The number of halogens is 3. The molecule has 0 bridgehead atoms. The van der Waals surface area contributed by atoms with Gasteiger partial charge in [-0.1, -0.05) is 12.1 Å². The highest BCUT2D eigenvalue weighted by molar-refractivity contribution is 5.37. The predicted molar refractivity (Wildman–Crippen MR) is 61.3 cm³/mol. The Labute approximate surface area is 104 Å². The highest BCUT2D eigenvalue weighted by Crippen LogP contribution is 2.22. The normalized spacial score (nSPS) is 13.4. The summed E-state index contributed by atoms with van der Waals surface area (Å²) in [4.78, 5) is 0. The maximum atomic E-state index is 11.7. The fourth-order valence-electron chi connectivity index (χ4n) is 1.43. The van der Waals surface area contributed by atoms with Gasteiger partial charge < -0.3 is 10.5 Å². The van der Waals surface area contributed by atoms with Gasteiger partial charge in [-0.3, -0.25) is 4.74 Å². The monoisotopic (exact) mass is 263 g/mol. The maximum absolute atomic E-state index is 11.7. The highest BCUT2D eigenvalue weighted by Gasteiger charge is 2.28. The topological polar surface area (TPSA) is 44.5 Å². The first kappa shape index (κ1) is 14.8. The lowest BCUT2D eigenvalue weighted by Gasteiger charge is -2.13. The molecule has 2 N–H and O–H groups in total. The van der Waals surface area contributed by atoms with Crippen LogP contribution >= 0.6 is 0 Å². The zero-order chi connectivity index (χ0) is 13.8. The summed E-state index contributed by atoms with van der Waals surface area (Å²) >= 11 is 0. The molecule has 0 saturated carbocycles. The third kappa shape index (κ3) is 4.93. The molecule has 0 heterocycles. The van der Waals surface area contributed by atoms with Crippen molar-refractivity contribution in [1.29, 1.82) is 0 Å². The fourth-order valence-corrected chi connectivity index (χ4v) is 1.43. The van der Waals surface area contributed by atoms with E-state index in [0.29, 0.717) is 5.75 Å². The molecule has 0 spiro atoms. The number of nitrogens with two attached hydrogens (primary N) is 1. The molecule has 3 nitrogen and oxygen atoms in total. The summed E-state index contributed by atoms with van der Waals surface area (Å²) in [5, 5.41) is 0. The Kier molecular flexibility index (Phi) is 4.98. The summed E-state index contributed by atoms with van der Waals surface area (Å²) in [5.74, 6) is 0.533. The molecule has 1 aromatic carbocycles. The SMILES string of the molecule is Cc1cc([C@@H](C)N)ccc1OCCOC(F)(F)F. The van der Waals surface area contributed by atoms with Crippen LogP contribution in [0.3, 0.4) is 0 Å². The third-order valence-electron chi connectivity index (χ3n) is 2.33. The van der Waals surface area contributed by atoms with E-state index in [9.17, 15) is 13.2 Å². The van der Waals surface area contributed by atoms with Crippen molar-refractivity contribution in [3.05, 3.63) is 29.3 Å². The van der Waals surface area contributed by atoms with Crippen molar-refractivity contribution in [3.8, 4) is 5.75 Å². The molecular formula is C12H16F3NO2. The Morgan fingerprint density at radius 3 is 2.44 bits per heavy atom. The van der Waals surface area contributed by atoms with Crippen LogP contribution in [0.1, 0.15) is 24.1 Å². The van der Waals surface area contributed by atoms with Crippen LogP contribution in [0, 0.1) is 6.92 Å². The zero-order valence-electron chi connectivity index (χ0n) is 10.3. The number of ether oxygens (including phenoxy) is 2. The van der Waals surface area contributed by atoms with Crippen LogP contribution in [0.5, 0.6) is 5.75 Å². The molecule has 0 aliphatic heterocycles. The molecule has 0 radical (unpaired) electrons. The van der Waals surface area contributed by atoms with Crippen molar-refractivity contribution in [1.82, 2.24) is 0 Å². The summed E-state index contributed by atoms with van der Waals surface area (Å²) < 4.78 is 43.9. The number of rotatable bonds is 5. The molecule has 0 amide bonds. The van der Waals surface area contributed by atoms with E-state index in [1.165, 1.54) is 0 Å². The van der Waals surface area contributed by atoms with Crippen LogP contribution in [0.4, 0.5) is 13.2 Å². The molecule has 1 atom stereocenters. The Hall–Kier alpha value is -1.27. The highest BCUT2D eigenvalue weighted by atomic mass is 19.4. The van der Waals surface area contributed by atoms with Crippen molar-refractivity contribution in [2.45, 2.75) is 26.3 Å². The Morgan fingerprint density at radius 1 is 1.28 bits per heavy atom. The quantitative estimate of drug-likeness (QED) is 0.831. The second-order valence-electron chi connectivity index (χ2n) is 3.96. The Bertz CT molecular complexity index is 391. The fraction of sp³-hybridized carbons (Fsp3) is 0.500. The van der Waals surface area contributed by atoms with Crippen LogP contribution in [-0.2, 0) is 4.74 Å². The van der Waals surface area contributed by atoms with Gasteiger partial charge in [-0.2, -0.15) is 0 Å². The van der Waals surface area contributed by atoms with Gasteiger partial charge in [0.25, 0.3) is 0 Å². The minimum Gasteiger partial charge on any atom is -0.491 e. The average molecular weight is 263 g/mol. The molecule has 102 valence electrons. The summed E-state index contributed by atoms with van der Waals surface area (Å²) in [6.07, 6.45) is -4.61. The van der Waals surface area contributed by atoms with E-state index in [1.54, 1.807) is 12.1 Å². The largest absolute Gasteiger partial charge is 0.522 e. The molecule has 0 aliphatic rings. The van der Waals surface area contributed by atoms with E-state index in [4.69, 9.17) is 10.5 Å². The standard InChI is InChI=1S/C12H16F3NO2/c1-8-7-10(9(2)16)3-4-11(8)17-5-6-18-12(13,14)15/h3-4,7,9H,5-6,16H2,1-2H3/t9-/m1/s1. The number of aryl methyl sites for hydroxylation is 1. The molecule has 0 aromatic heterocycles. The number of hydrogen-bond donors (Lipinski definition) is 1. The van der Waals surface area contributed by atoms with Crippen LogP contribution in [0.25, 0.3) is 0 Å². The second-order valence-corrected chi connectivity index (χ2v) is 3.96. The molecule has 0 aliphatic carbocycles. The van der Waals surface area contributed by atoms with E-state index in [1.807, 2.05) is 19.9 Å². The van der Waals surface area contributed by atoms with Crippen molar-refractivity contribution < 1.29 is 22.6 Å². The van der Waals surface area contributed by atoms with Crippen LogP contribution < -0.4 is 10.5 Å². The maximum Gasteiger partial charge on any atom is 0.522 e.